The van der Waals surface area contributed by atoms with Gasteiger partial charge in [0.2, 0.25) is 0 Å². The first-order valence-corrected chi connectivity index (χ1v) is 10.8. The number of rotatable bonds is 6. The number of hydrogen-bond donors (Lipinski definition) is 1. The van der Waals surface area contributed by atoms with E-state index in [1.54, 1.807) is 19.1 Å². The SMILES string of the molecule is Cc1ccc(N(Cl)S(=O)(=O)c2ccc(C)c(N3CCNCC3)c2)cc1OC(F)F. The molecular formula is C19H22ClF2N3O3S. The normalized spacial score (nSPS) is 14.9. The molecule has 0 aliphatic carbocycles. The Morgan fingerprint density at radius 1 is 1.10 bits per heavy atom. The molecule has 0 radical (unpaired) electrons. The minimum atomic E-state index is -4.11. The maximum atomic E-state index is 13.1. The van der Waals surface area contributed by atoms with Gasteiger partial charge in [0.15, 0.2) is 0 Å². The number of nitrogens with one attached hydrogen (secondary N) is 1. The van der Waals surface area contributed by atoms with Crippen molar-refractivity contribution >= 4 is 33.2 Å². The van der Waals surface area contributed by atoms with Crippen LogP contribution >= 0.6 is 11.8 Å². The number of hydrogen-bond acceptors (Lipinski definition) is 5. The summed E-state index contributed by atoms with van der Waals surface area (Å²) >= 11 is 6.15. The maximum absolute atomic E-state index is 13.1. The average Bonchev–Trinajstić information content (AvgIpc) is 2.69. The van der Waals surface area contributed by atoms with Crippen LogP contribution in [-0.2, 0) is 10.0 Å². The van der Waals surface area contributed by atoms with E-state index in [4.69, 9.17) is 11.8 Å². The predicted octanol–water partition coefficient (Wildman–Crippen LogP) is 3.66. The summed E-state index contributed by atoms with van der Waals surface area (Å²) in [5, 5.41) is 3.26. The Morgan fingerprint density at radius 3 is 2.41 bits per heavy atom. The molecule has 1 aliphatic heterocycles. The fourth-order valence-electron chi connectivity index (χ4n) is 3.15. The van der Waals surface area contributed by atoms with Crippen LogP contribution in [0, 0.1) is 13.8 Å². The molecule has 0 unspecified atom stereocenters. The van der Waals surface area contributed by atoms with E-state index in [0.29, 0.717) is 9.39 Å². The number of halogens is 3. The van der Waals surface area contributed by atoms with Crippen molar-refractivity contribution in [3.8, 4) is 5.75 Å². The molecule has 10 heteroatoms. The van der Waals surface area contributed by atoms with Gasteiger partial charge in [-0.3, -0.25) is 0 Å². The van der Waals surface area contributed by atoms with Crippen LogP contribution in [0.1, 0.15) is 11.1 Å². The fraction of sp³-hybridized carbons (Fsp3) is 0.368. The lowest BCUT2D eigenvalue weighted by Crippen LogP contribution is -2.43. The van der Waals surface area contributed by atoms with E-state index >= 15 is 0 Å². The monoisotopic (exact) mass is 445 g/mol. The number of alkyl halides is 2. The Bertz CT molecular complexity index is 983. The van der Waals surface area contributed by atoms with Gasteiger partial charge < -0.3 is 15.0 Å². The average molecular weight is 446 g/mol. The molecule has 1 N–H and O–H groups in total. The summed E-state index contributed by atoms with van der Waals surface area (Å²) in [6, 6.07) is 8.89. The van der Waals surface area contributed by atoms with Gasteiger partial charge in [0.05, 0.1) is 10.6 Å². The summed E-state index contributed by atoms with van der Waals surface area (Å²) in [4.78, 5) is 2.13. The van der Waals surface area contributed by atoms with Crippen LogP contribution in [0.2, 0.25) is 0 Å². The van der Waals surface area contributed by atoms with Crippen molar-refractivity contribution in [1.82, 2.24) is 5.32 Å². The lowest BCUT2D eigenvalue weighted by Gasteiger charge is -2.31. The molecule has 0 bridgehead atoms. The minimum Gasteiger partial charge on any atom is -0.434 e. The van der Waals surface area contributed by atoms with E-state index in [9.17, 15) is 17.2 Å². The second-order valence-electron chi connectivity index (χ2n) is 6.73. The van der Waals surface area contributed by atoms with E-state index in [2.05, 4.69) is 15.0 Å². The highest BCUT2D eigenvalue weighted by molar-refractivity contribution is 7.94. The third kappa shape index (κ3) is 4.73. The largest absolute Gasteiger partial charge is 0.434 e. The molecule has 158 valence electrons. The molecule has 0 aromatic heterocycles. The van der Waals surface area contributed by atoms with Crippen molar-refractivity contribution in [1.29, 1.82) is 0 Å². The molecular weight excluding hydrogens is 424 g/mol. The van der Waals surface area contributed by atoms with Crippen molar-refractivity contribution in [2.24, 2.45) is 0 Å². The molecule has 2 aromatic carbocycles. The summed E-state index contributed by atoms with van der Waals surface area (Å²) in [6.45, 7) is 3.63. The first kappa shape index (κ1) is 21.6. The van der Waals surface area contributed by atoms with Crippen LogP contribution < -0.4 is 18.8 Å². The summed E-state index contributed by atoms with van der Waals surface area (Å²) in [6.07, 6.45) is 0. The number of benzene rings is 2. The summed E-state index contributed by atoms with van der Waals surface area (Å²) in [7, 11) is -4.11. The van der Waals surface area contributed by atoms with Gasteiger partial charge in [-0.15, -0.1) is 0 Å². The van der Waals surface area contributed by atoms with Crippen LogP contribution in [0.5, 0.6) is 5.75 Å². The maximum Gasteiger partial charge on any atom is 0.387 e. The van der Waals surface area contributed by atoms with Crippen molar-refractivity contribution < 1.29 is 21.9 Å². The van der Waals surface area contributed by atoms with Gasteiger partial charge in [0, 0.05) is 49.7 Å². The van der Waals surface area contributed by atoms with E-state index in [1.807, 2.05) is 6.92 Å². The molecule has 0 amide bonds. The molecule has 1 fully saturated rings. The highest BCUT2D eigenvalue weighted by atomic mass is 35.5. The summed E-state index contributed by atoms with van der Waals surface area (Å²) in [5.74, 6) is -0.135. The Hall–Kier alpha value is -2.10. The lowest BCUT2D eigenvalue weighted by molar-refractivity contribution is -0.0502. The van der Waals surface area contributed by atoms with Crippen LogP contribution in [0.25, 0.3) is 0 Å². The molecule has 29 heavy (non-hydrogen) atoms. The number of nitrogens with zero attached hydrogens (tertiary/aromatic N) is 2. The van der Waals surface area contributed by atoms with E-state index < -0.39 is 16.6 Å². The molecule has 0 saturated carbocycles. The van der Waals surface area contributed by atoms with E-state index in [1.165, 1.54) is 24.3 Å². The number of sulfonamides is 1. The highest BCUT2D eigenvalue weighted by Gasteiger charge is 2.26. The van der Waals surface area contributed by atoms with Crippen LogP contribution in [0.15, 0.2) is 41.3 Å². The molecule has 1 saturated heterocycles. The zero-order valence-electron chi connectivity index (χ0n) is 16.0. The molecule has 0 spiro atoms. The third-order valence-corrected chi connectivity index (χ3v) is 6.96. The standard InChI is InChI=1S/C19H22ClF2N3O3S/c1-13-4-6-16(12-17(13)24-9-7-23-8-10-24)29(26,27)25(20)15-5-3-14(2)18(11-15)28-19(21)22/h3-6,11-12,19,23H,7-10H2,1-2H3. The first-order chi connectivity index (χ1) is 13.7. The van der Waals surface area contributed by atoms with Crippen molar-refractivity contribution in [3.63, 3.8) is 0 Å². The molecule has 6 nitrogen and oxygen atoms in total. The van der Waals surface area contributed by atoms with Gasteiger partial charge in [-0.05, 0) is 43.2 Å². The molecule has 1 heterocycles. The van der Waals surface area contributed by atoms with Gasteiger partial charge in [-0.2, -0.15) is 21.0 Å². The van der Waals surface area contributed by atoms with Crippen molar-refractivity contribution in [3.05, 3.63) is 47.5 Å². The smallest absolute Gasteiger partial charge is 0.387 e. The highest BCUT2D eigenvalue weighted by Crippen LogP contribution is 2.33. The Kier molecular flexibility index (Phi) is 6.50. The molecule has 3 rings (SSSR count). The Morgan fingerprint density at radius 2 is 1.76 bits per heavy atom. The zero-order chi connectivity index (χ0) is 21.2. The number of piperazine rings is 1. The third-order valence-electron chi connectivity index (χ3n) is 4.74. The Labute approximate surface area is 174 Å². The second-order valence-corrected chi connectivity index (χ2v) is 9.06. The van der Waals surface area contributed by atoms with Gasteiger partial charge in [0.1, 0.15) is 5.75 Å². The van der Waals surface area contributed by atoms with Gasteiger partial charge in [0.25, 0.3) is 10.0 Å². The van der Waals surface area contributed by atoms with Crippen molar-refractivity contribution in [2.75, 3.05) is 34.9 Å². The molecule has 0 atom stereocenters. The summed E-state index contributed by atoms with van der Waals surface area (Å²) in [5.41, 5.74) is 2.23. The quantitative estimate of drug-likeness (QED) is 0.687. The van der Waals surface area contributed by atoms with Gasteiger partial charge >= 0.3 is 6.61 Å². The summed E-state index contributed by atoms with van der Waals surface area (Å²) < 4.78 is 56.3. The number of aryl methyl sites for hydroxylation is 2. The number of anilines is 2. The molecule has 2 aromatic rings. The Balaban J connectivity index is 1.94. The predicted molar refractivity (Wildman–Crippen MR) is 110 cm³/mol. The topological polar surface area (TPSA) is 61.9 Å². The van der Waals surface area contributed by atoms with Crippen LogP contribution in [0.3, 0.4) is 0 Å². The second kappa shape index (κ2) is 8.73. The lowest BCUT2D eigenvalue weighted by atomic mass is 10.1. The van der Waals surface area contributed by atoms with Gasteiger partial charge in [-0.1, -0.05) is 12.1 Å². The van der Waals surface area contributed by atoms with E-state index in [-0.39, 0.29) is 16.3 Å². The number of ether oxygens (including phenoxy) is 1. The zero-order valence-corrected chi connectivity index (χ0v) is 17.6. The fourth-order valence-corrected chi connectivity index (χ4v) is 4.57. The van der Waals surface area contributed by atoms with Crippen molar-refractivity contribution in [2.45, 2.75) is 25.4 Å². The van der Waals surface area contributed by atoms with Crippen LogP contribution in [-0.4, -0.2) is 41.2 Å². The van der Waals surface area contributed by atoms with E-state index in [0.717, 1.165) is 37.4 Å². The van der Waals surface area contributed by atoms with Crippen LogP contribution in [0.4, 0.5) is 20.2 Å². The first-order valence-electron chi connectivity index (χ1n) is 9.03. The van der Waals surface area contributed by atoms with Gasteiger partial charge in [-0.25, -0.2) is 0 Å². The molecule has 1 aliphatic rings. The minimum absolute atomic E-state index is 0.0113.